The van der Waals surface area contributed by atoms with E-state index in [1.807, 2.05) is 6.92 Å². The lowest BCUT2D eigenvalue weighted by Crippen LogP contribution is -2.41. The van der Waals surface area contributed by atoms with Crippen molar-refractivity contribution in [2.75, 3.05) is 6.61 Å². The topological polar surface area (TPSA) is 38.3 Å². The molecule has 1 N–H and O–H groups in total. The fourth-order valence-corrected chi connectivity index (χ4v) is 2.31. The third-order valence-electron chi connectivity index (χ3n) is 3.14. The van der Waals surface area contributed by atoms with Gasteiger partial charge in [-0.3, -0.25) is 4.79 Å². The maximum atomic E-state index is 13.1. The second kappa shape index (κ2) is 5.84. The molecule has 0 radical (unpaired) electrons. The maximum Gasteiger partial charge on any atom is 0.253 e. The van der Waals surface area contributed by atoms with Crippen molar-refractivity contribution in [1.29, 1.82) is 0 Å². The summed E-state index contributed by atoms with van der Waals surface area (Å²) in [5, 5.41) is 2.57. The lowest BCUT2D eigenvalue weighted by molar-refractivity contribution is 0.0712. The number of rotatable bonds is 3. The number of hydrogen-bond donors (Lipinski definition) is 1. The average molecular weight is 290 g/mol. The second-order valence-corrected chi connectivity index (χ2v) is 4.97. The Morgan fingerprint density at radius 1 is 1.47 bits per heavy atom. The van der Waals surface area contributed by atoms with Crippen LogP contribution in [0, 0.1) is 11.6 Å². The number of carbonyl (C=O) groups excluding carboxylic acids is 1. The van der Waals surface area contributed by atoms with Gasteiger partial charge in [0.15, 0.2) is 11.6 Å². The van der Waals surface area contributed by atoms with Crippen molar-refractivity contribution in [3.05, 3.63) is 34.4 Å². The molecule has 1 fully saturated rings. The number of nitrogens with one attached hydrogen (secondary N) is 1. The van der Waals surface area contributed by atoms with Gasteiger partial charge in [-0.2, -0.15) is 0 Å². The smallest absolute Gasteiger partial charge is 0.253 e. The quantitative estimate of drug-likeness (QED) is 0.869. The van der Waals surface area contributed by atoms with Gasteiger partial charge in [0.05, 0.1) is 22.7 Å². The number of carbonyl (C=O) groups is 1. The van der Waals surface area contributed by atoms with Gasteiger partial charge >= 0.3 is 0 Å². The van der Waals surface area contributed by atoms with E-state index < -0.39 is 17.5 Å². The molecule has 1 heterocycles. The molecule has 2 rings (SSSR count). The van der Waals surface area contributed by atoms with Gasteiger partial charge in [-0.05, 0) is 31.9 Å². The summed E-state index contributed by atoms with van der Waals surface area (Å²) in [7, 11) is 0. The second-order valence-electron chi connectivity index (χ2n) is 4.56. The molecule has 1 amide bonds. The van der Waals surface area contributed by atoms with E-state index in [9.17, 15) is 13.6 Å². The largest absolute Gasteiger partial charge is 0.376 e. The summed E-state index contributed by atoms with van der Waals surface area (Å²) in [6, 6.07) is 1.39. The zero-order chi connectivity index (χ0) is 14.0. The van der Waals surface area contributed by atoms with Gasteiger partial charge in [0.2, 0.25) is 0 Å². The number of benzene rings is 1. The monoisotopic (exact) mass is 289 g/mol. The Morgan fingerprint density at radius 2 is 2.16 bits per heavy atom. The van der Waals surface area contributed by atoms with E-state index in [-0.39, 0.29) is 22.7 Å². The molecule has 1 aliphatic heterocycles. The standard InChI is InChI=1S/C13H14ClF2NO2/c1-7(12-3-2-4-19-12)17-13(18)8-5-10(15)11(16)6-9(8)14/h5-7,12H,2-4H2,1H3,(H,17,18)/t7-,12+/m0/s1. The highest BCUT2D eigenvalue weighted by Gasteiger charge is 2.25. The summed E-state index contributed by atoms with van der Waals surface area (Å²) >= 11 is 5.74. The summed E-state index contributed by atoms with van der Waals surface area (Å²) < 4.78 is 31.5. The molecule has 1 saturated heterocycles. The van der Waals surface area contributed by atoms with Crippen LogP contribution >= 0.6 is 11.6 Å². The Kier molecular flexibility index (Phi) is 4.37. The summed E-state index contributed by atoms with van der Waals surface area (Å²) in [5.74, 6) is -2.71. The van der Waals surface area contributed by atoms with Crippen LogP contribution in [0.5, 0.6) is 0 Å². The van der Waals surface area contributed by atoms with Crippen LogP contribution < -0.4 is 5.32 Å². The Morgan fingerprint density at radius 3 is 2.79 bits per heavy atom. The van der Waals surface area contributed by atoms with Crippen molar-refractivity contribution >= 4 is 17.5 Å². The number of amides is 1. The molecule has 0 spiro atoms. The van der Waals surface area contributed by atoms with Crippen LogP contribution in [0.25, 0.3) is 0 Å². The highest BCUT2D eigenvalue weighted by Crippen LogP contribution is 2.21. The zero-order valence-corrected chi connectivity index (χ0v) is 11.1. The van der Waals surface area contributed by atoms with Crippen LogP contribution in [-0.4, -0.2) is 24.7 Å². The molecule has 1 aromatic carbocycles. The Hall–Kier alpha value is -1.20. The fraction of sp³-hybridized carbons (Fsp3) is 0.462. The number of halogens is 3. The summed E-state index contributed by atoms with van der Waals surface area (Å²) in [4.78, 5) is 12.0. The predicted octanol–water partition coefficient (Wildman–Crippen LogP) is 2.92. The first-order valence-corrected chi connectivity index (χ1v) is 6.44. The van der Waals surface area contributed by atoms with E-state index in [1.165, 1.54) is 0 Å². The van der Waals surface area contributed by atoms with E-state index in [0.29, 0.717) is 6.61 Å². The van der Waals surface area contributed by atoms with Crippen LogP contribution in [0.3, 0.4) is 0 Å². The van der Waals surface area contributed by atoms with Crippen molar-refractivity contribution in [2.24, 2.45) is 0 Å². The van der Waals surface area contributed by atoms with Gasteiger partial charge in [0.1, 0.15) is 0 Å². The minimum atomic E-state index is -1.10. The van der Waals surface area contributed by atoms with Gasteiger partial charge in [-0.15, -0.1) is 0 Å². The van der Waals surface area contributed by atoms with Crippen molar-refractivity contribution in [2.45, 2.75) is 31.9 Å². The molecule has 104 valence electrons. The highest BCUT2D eigenvalue weighted by molar-refractivity contribution is 6.33. The molecule has 0 unspecified atom stereocenters. The van der Waals surface area contributed by atoms with Crippen LogP contribution in [0.2, 0.25) is 5.02 Å². The van der Waals surface area contributed by atoms with Crippen molar-refractivity contribution < 1.29 is 18.3 Å². The minimum Gasteiger partial charge on any atom is -0.376 e. The van der Waals surface area contributed by atoms with Gasteiger partial charge in [0, 0.05) is 6.61 Å². The SMILES string of the molecule is C[C@H](NC(=O)c1cc(F)c(F)cc1Cl)[C@H]1CCCO1. The molecule has 0 aliphatic carbocycles. The normalized spacial score (nSPS) is 20.3. The number of ether oxygens (including phenoxy) is 1. The lowest BCUT2D eigenvalue weighted by atomic mass is 10.1. The molecular formula is C13H14ClF2NO2. The molecule has 3 nitrogen and oxygen atoms in total. The van der Waals surface area contributed by atoms with Crippen LogP contribution in [0.15, 0.2) is 12.1 Å². The molecule has 1 aliphatic rings. The predicted molar refractivity (Wildman–Crippen MR) is 67.3 cm³/mol. The van der Waals surface area contributed by atoms with Gasteiger partial charge in [-0.25, -0.2) is 8.78 Å². The van der Waals surface area contributed by atoms with Gasteiger partial charge in [-0.1, -0.05) is 11.6 Å². The molecule has 0 saturated carbocycles. The molecule has 2 atom stereocenters. The summed E-state index contributed by atoms with van der Waals surface area (Å²) in [6.07, 6.45) is 1.78. The molecule has 1 aromatic rings. The van der Waals surface area contributed by atoms with Crippen LogP contribution in [-0.2, 0) is 4.74 Å². The Bertz CT molecular complexity index is 490. The Balaban J connectivity index is 2.09. The first-order chi connectivity index (χ1) is 8.99. The highest BCUT2D eigenvalue weighted by atomic mass is 35.5. The van der Waals surface area contributed by atoms with Gasteiger partial charge in [0.25, 0.3) is 5.91 Å². The minimum absolute atomic E-state index is 0.0481. The Labute approximate surface area is 114 Å². The van der Waals surface area contributed by atoms with Crippen molar-refractivity contribution in [1.82, 2.24) is 5.32 Å². The van der Waals surface area contributed by atoms with E-state index in [0.717, 1.165) is 25.0 Å². The van der Waals surface area contributed by atoms with E-state index in [2.05, 4.69) is 5.32 Å². The van der Waals surface area contributed by atoms with Crippen molar-refractivity contribution in [3.63, 3.8) is 0 Å². The zero-order valence-electron chi connectivity index (χ0n) is 10.4. The molecule has 19 heavy (non-hydrogen) atoms. The summed E-state index contributed by atoms with van der Waals surface area (Å²) in [5.41, 5.74) is -0.0783. The van der Waals surface area contributed by atoms with E-state index >= 15 is 0 Å². The number of hydrogen-bond acceptors (Lipinski definition) is 2. The molecule has 6 heteroatoms. The molecular weight excluding hydrogens is 276 g/mol. The maximum absolute atomic E-state index is 13.1. The van der Waals surface area contributed by atoms with E-state index in [4.69, 9.17) is 16.3 Å². The first-order valence-electron chi connectivity index (χ1n) is 6.06. The van der Waals surface area contributed by atoms with E-state index in [1.54, 1.807) is 0 Å². The molecule has 0 bridgehead atoms. The first kappa shape index (κ1) is 14.2. The van der Waals surface area contributed by atoms with Crippen molar-refractivity contribution in [3.8, 4) is 0 Å². The van der Waals surface area contributed by atoms with Gasteiger partial charge < -0.3 is 10.1 Å². The third-order valence-corrected chi connectivity index (χ3v) is 3.45. The lowest BCUT2D eigenvalue weighted by Gasteiger charge is -2.20. The third kappa shape index (κ3) is 3.22. The fourth-order valence-electron chi connectivity index (χ4n) is 2.07. The summed E-state index contributed by atoms with van der Waals surface area (Å²) in [6.45, 7) is 2.48. The van der Waals surface area contributed by atoms with Crippen LogP contribution in [0.4, 0.5) is 8.78 Å². The molecule has 0 aromatic heterocycles. The van der Waals surface area contributed by atoms with Crippen LogP contribution in [0.1, 0.15) is 30.1 Å². The average Bonchev–Trinajstić information content (AvgIpc) is 2.87.